The fourth-order valence-corrected chi connectivity index (χ4v) is 1.87. The Labute approximate surface area is 96.2 Å². The van der Waals surface area contributed by atoms with Gasteiger partial charge >= 0.3 is 0 Å². The summed E-state index contributed by atoms with van der Waals surface area (Å²) < 4.78 is 0. The summed E-state index contributed by atoms with van der Waals surface area (Å²) in [5, 5.41) is 0. The average molecular weight is 214 g/mol. The molecule has 0 saturated carbocycles. The molecule has 0 amide bonds. The molecule has 0 spiro atoms. The van der Waals surface area contributed by atoms with Crippen LogP contribution in [0.5, 0.6) is 0 Å². The molecule has 2 N–H and O–H groups in total. The van der Waals surface area contributed by atoms with Crippen molar-refractivity contribution in [2.75, 3.05) is 19.6 Å². The van der Waals surface area contributed by atoms with Gasteiger partial charge in [0.1, 0.15) is 0 Å². The zero-order chi connectivity index (χ0) is 11.5. The molecule has 0 heterocycles. The second-order valence-corrected chi connectivity index (χ2v) is 4.69. The van der Waals surface area contributed by atoms with E-state index in [0.717, 1.165) is 6.54 Å². The lowest BCUT2D eigenvalue weighted by Gasteiger charge is -2.24. The lowest BCUT2D eigenvalue weighted by molar-refractivity contribution is 0.250. The van der Waals surface area contributed by atoms with Crippen molar-refractivity contribution in [2.45, 2.75) is 65.3 Å². The Morgan fingerprint density at radius 3 is 1.73 bits per heavy atom. The van der Waals surface area contributed by atoms with Gasteiger partial charge in [-0.3, -0.25) is 0 Å². The van der Waals surface area contributed by atoms with Crippen LogP contribution in [0.4, 0.5) is 0 Å². The molecule has 0 fully saturated rings. The summed E-state index contributed by atoms with van der Waals surface area (Å²) in [5.74, 6) is 0. The molecule has 0 aliphatic heterocycles. The minimum atomic E-state index is 0.313. The van der Waals surface area contributed by atoms with Gasteiger partial charge in [-0.25, -0.2) is 0 Å². The molecule has 0 rings (SSSR count). The van der Waals surface area contributed by atoms with Gasteiger partial charge in [-0.2, -0.15) is 0 Å². The second-order valence-electron chi connectivity index (χ2n) is 4.69. The van der Waals surface area contributed by atoms with Gasteiger partial charge in [0.25, 0.3) is 0 Å². The van der Waals surface area contributed by atoms with Crippen LogP contribution in [0.2, 0.25) is 0 Å². The number of hydrogen-bond acceptors (Lipinski definition) is 2. The predicted octanol–water partition coefficient (Wildman–Crippen LogP) is 3.02. The fourth-order valence-electron chi connectivity index (χ4n) is 1.87. The molecule has 0 aromatic heterocycles. The third kappa shape index (κ3) is 10.2. The summed E-state index contributed by atoms with van der Waals surface area (Å²) in [7, 11) is 0. The Bertz CT molecular complexity index is 114. The third-order valence-electron chi connectivity index (χ3n) is 2.70. The van der Waals surface area contributed by atoms with Crippen LogP contribution < -0.4 is 5.73 Å². The van der Waals surface area contributed by atoms with Crippen LogP contribution in [0.25, 0.3) is 0 Å². The maximum absolute atomic E-state index is 5.86. The number of unbranched alkanes of at least 4 members (excludes halogenated alkanes) is 4. The highest BCUT2D eigenvalue weighted by molar-refractivity contribution is 4.64. The minimum absolute atomic E-state index is 0.313. The SMILES string of the molecule is CCCCCN(CCCCC)C[C@@H](C)N. The largest absolute Gasteiger partial charge is 0.327 e. The van der Waals surface area contributed by atoms with Crippen LogP contribution in [0.15, 0.2) is 0 Å². The van der Waals surface area contributed by atoms with E-state index in [9.17, 15) is 0 Å². The normalized spacial score (nSPS) is 13.4. The lowest BCUT2D eigenvalue weighted by atomic mass is 10.2. The van der Waals surface area contributed by atoms with E-state index in [1.54, 1.807) is 0 Å². The van der Waals surface area contributed by atoms with Crippen molar-refractivity contribution in [3.8, 4) is 0 Å². The Hall–Kier alpha value is -0.0800. The van der Waals surface area contributed by atoms with Gasteiger partial charge in [0.05, 0.1) is 0 Å². The molecule has 0 aromatic carbocycles. The van der Waals surface area contributed by atoms with E-state index in [0.29, 0.717) is 6.04 Å². The zero-order valence-corrected chi connectivity index (χ0v) is 11.0. The van der Waals surface area contributed by atoms with Crippen molar-refractivity contribution in [3.63, 3.8) is 0 Å². The maximum atomic E-state index is 5.86. The van der Waals surface area contributed by atoms with Crippen LogP contribution in [0.1, 0.15) is 59.3 Å². The quantitative estimate of drug-likeness (QED) is 0.566. The van der Waals surface area contributed by atoms with Crippen molar-refractivity contribution in [1.29, 1.82) is 0 Å². The molecule has 2 nitrogen and oxygen atoms in total. The highest BCUT2D eigenvalue weighted by atomic mass is 15.1. The molecule has 2 heteroatoms. The molecule has 1 atom stereocenters. The lowest BCUT2D eigenvalue weighted by Crippen LogP contribution is -2.36. The second kappa shape index (κ2) is 10.4. The first-order valence-electron chi connectivity index (χ1n) is 6.68. The first kappa shape index (κ1) is 14.9. The summed E-state index contributed by atoms with van der Waals surface area (Å²) in [6.45, 7) is 10.2. The van der Waals surface area contributed by atoms with Crippen LogP contribution in [0.3, 0.4) is 0 Å². The van der Waals surface area contributed by atoms with E-state index in [1.165, 1.54) is 51.6 Å². The van der Waals surface area contributed by atoms with E-state index < -0.39 is 0 Å². The van der Waals surface area contributed by atoms with Gasteiger partial charge in [-0.1, -0.05) is 39.5 Å². The van der Waals surface area contributed by atoms with Crippen molar-refractivity contribution in [2.24, 2.45) is 5.73 Å². The smallest absolute Gasteiger partial charge is 0.0139 e. The van der Waals surface area contributed by atoms with Crippen molar-refractivity contribution in [1.82, 2.24) is 4.90 Å². The molecular weight excluding hydrogens is 184 g/mol. The minimum Gasteiger partial charge on any atom is -0.327 e. The molecule has 15 heavy (non-hydrogen) atoms. The Morgan fingerprint density at radius 2 is 1.40 bits per heavy atom. The maximum Gasteiger partial charge on any atom is 0.0139 e. The Morgan fingerprint density at radius 1 is 0.933 bits per heavy atom. The van der Waals surface area contributed by atoms with Gasteiger partial charge < -0.3 is 10.6 Å². The van der Waals surface area contributed by atoms with E-state index in [-0.39, 0.29) is 0 Å². The average Bonchev–Trinajstić information content (AvgIpc) is 2.17. The van der Waals surface area contributed by atoms with Crippen molar-refractivity contribution >= 4 is 0 Å². The summed E-state index contributed by atoms with van der Waals surface area (Å²) in [4.78, 5) is 2.54. The molecular formula is C13H30N2. The zero-order valence-electron chi connectivity index (χ0n) is 11.0. The van der Waals surface area contributed by atoms with Gasteiger partial charge in [0.2, 0.25) is 0 Å². The van der Waals surface area contributed by atoms with E-state index in [4.69, 9.17) is 5.73 Å². The Kier molecular flexibility index (Phi) is 10.4. The number of hydrogen-bond donors (Lipinski definition) is 1. The van der Waals surface area contributed by atoms with Gasteiger partial charge in [0.15, 0.2) is 0 Å². The molecule has 92 valence electrons. The predicted molar refractivity (Wildman–Crippen MR) is 69.1 cm³/mol. The summed E-state index contributed by atoms with van der Waals surface area (Å²) in [6, 6.07) is 0.313. The molecule has 0 aliphatic carbocycles. The molecule has 0 unspecified atom stereocenters. The van der Waals surface area contributed by atoms with Gasteiger partial charge in [0, 0.05) is 12.6 Å². The first-order valence-corrected chi connectivity index (χ1v) is 6.68. The highest BCUT2D eigenvalue weighted by Gasteiger charge is 2.06. The molecule has 0 bridgehead atoms. The molecule has 0 aromatic rings. The first-order chi connectivity index (χ1) is 7.20. The van der Waals surface area contributed by atoms with E-state index in [2.05, 4.69) is 25.7 Å². The Balaban J connectivity index is 3.63. The number of rotatable bonds is 10. The van der Waals surface area contributed by atoms with Crippen LogP contribution in [-0.4, -0.2) is 30.6 Å². The summed E-state index contributed by atoms with van der Waals surface area (Å²) in [6.07, 6.45) is 7.97. The molecule has 0 radical (unpaired) electrons. The van der Waals surface area contributed by atoms with Crippen molar-refractivity contribution < 1.29 is 0 Å². The summed E-state index contributed by atoms with van der Waals surface area (Å²) in [5.41, 5.74) is 5.86. The fraction of sp³-hybridized carbons (Fsp3) is 1.00. The summed E-state index contributed by atoms with van der Waals surface area (Å²) >= 11 is 0. The van der Waals surface area contributed by atoms with E-state index >= 15 is 0 Å². The monoisotopic (exact) mass is 214 g/mol. The molecule has 0 aliphatic rings. The van der Waals surface area contributed by atoms with Crippen LogP contribution in [0, 0.1) is 0 Å². The standard InChI is InChI=1S/C13H30N2/c1-4-6-8-10-15(12-13(3)14)11-9-7-5-2/h13H,4-12,14H2,1-3H3/t13-/m1/s1. The van der Waals surface area contributed by atoms with E-state index in [1.807, 2.05) is 0 Å². The van der Waals surface area contributed by atoms with Crippen LogP contribution >= 0.6 is 0 Å². The number of nitrogens with two attached hydrogens (primary N) is 1. The topological polar surface area (TPSA) is 29.3 Å². The third-order valence-corrected chi connectivity index (χ3v) is 2.70. The van der Waals surface area contributed by atoms with Gasteiger partial charge in [-0.15, -0.1) is 0 Å². The molecule has 0 saturated heterocycles. The van der Waals surface area contributed by atoms with Crippen LogP contribution in [-0.2, 0) is 0 Å². The van der Waals surface area contributed by atoms with Crippen molar-refractivity contribution in [3.05, 3.63) is 0 Å². The highest BCUT2D eigenvalue weighted by Crippen LogP contribution is 2.03. The van der Waals surface area contributed by atoms with Gasteiger partial charge in [-0.05, 0) is 32.9 Å². The number of nitrogens with zero attached hydrogens (tertiary/aromatic N) is 1.